The van der Waals surface area contributed by atoms with Gasteiger partial charge in [-0.15, -0.1) is 9.11 Å². The van der Waals surface area contributed by atoms with Crippen LogP contribution in [-0.2, 0) is 29.5 Å². The lowest BCUT2D eigenvalue weighted by Gasteiger charge is -2.28. The van der Waals surface area contributed by atoms with Gasteiger partial charge in [0.2, 0.25) is 10.0 Å². The maximum Gasteiger partial charge on any atom is 0.418 e. The normalized spacial score (nSPS) is 25.5. The molecule has 2 fully saturated rings. The minimum Gasteiger partial charge on any atom is -0.309 e. The van der Waals surface area contributed by atoms with Crippen LogP contribution in [-0.4, -0.2) is 68.2 Å². The van der Waals surface area contributed by atoms with Crippen LogP contribution in [0.5, 0.6) is 0 Å². The second-order valence-electron chi connectivity index (χ2n) is 4.87. The summed E-state index contributed by atoms with van der Waals surface area (Å²) >= 11 is 0. The molecule has 0 radical (unpaired) electrons. The van der Waals surface area contributed by atoms with Gasteiger partial charge in [-0.05, 0) is 12.8 Å². The molecule has 0 aromatic rings. The minimum absolute atomic E-state index is 0.0192. The zero-order valence-electron chi connectivity index (χ0n) is 11.3. The van der Waals surface area contributed by atoms with Crippen molar-refractivity contribution in [1.29, 1.82) is 0 Å². The van der Waals surface area contributed by atoms with Crippen LogP contribution in [0.4, 0.5) is 4.79 Å². The highest BCUT2D eigenvalue weighted by molar-refractivity contribution is 7.88. The molecular weight excluding hydrogens is 344 g/mol. The maximum atomic E-state index is 12.0. The summed E-state index contributed by atoms with van der Waals surface area (Å²) in [6.07, 6.45) is 1.26. The van der Waals surface area contributed by atoms with Crippen LogP contribution < -0.4 is 10.3 Å². The molecule has 2 atom stereocenters. The number of sulfonamides is 1. The summed E-state index contributed by atoms with van der Waals surface area (Å²) < 4.78 is 56.1. The van der Waals surface area contributed by atoms with Crippen LogP contribution in [0.25, 0.3) is 0 Å². The number of carbonyl (C=O) groups excluding carboxylic acids is 2. The van der Waals surface area contributed by atoms with Gasteiger partial charge in [-0.3, -0.25) is 14.8 Å². The maximum absolute atomic E-state index is 12.0. The number of hydrazine groups is 1. The van der Waals surface area contributed by atoms with E-state index in [-0.39, 0.29) is 19.4 Å². The Hall–Kier alpha value is -1.48. The summed E-state index contributed by atoms with van der Waals surface area (Å²) in [7, 11) is -8.51. The summed E-state index contributed by atoms with van der Waals surface area (Å²) in [5.74, 6) is -0.758. The first-order valence-electron chi connectivity index (χ1n) is 6.01. The standard InChI is InChI=1S/C8H14N4O8S2/c1-21(15,16)10-9-7(13)6-3-2-5-4-11(6)8(14)12(5)20-22(17,18)19/h5-6,10H,2-4H2,1H3,(H,9,13)(H,17,18,19)/t5-,6+/m1/s1. The van der Waals surface area contributed by atoms with Crippen LogP contribution in [0.15, 0.2) is 0 Å². The van der Waals surface area contributed by atoms with Crippen molar-refractivity contribution in [3.05, 3.63) is 0 Å². The van der Waals surface area contributed by atoms with Crippen molar-refractivity contribution >= 4 is 32.4 Å². The van der Waals surface area contributed by atoms with Crippen molar-refractivity contribution in [2.45, 2.75) is 24.9 Å². The highest BCUT2D eigenvalue weighted by atomic mass is 32.3. The fourth-order valence-electron chi connectivity index (χ4n) is 2.33. The van der Waals surface area contributed by atoms with Gasteiger partial charge >= 0.3 is 16.4 Å². The molecule has 0 aliphatic carbocycles. The van der Waals surface area contributed by atoms with E-state index in [1.807, 2.05) is 5.43 Å². The molecule has 126 valence electrons. The molecule has 2 rings (SSSR count). The number of hydrogen-bond donors (Lipinski definition) is 3. The summed E-state index contributed by atoms with van der Waals surface area (Å²) in [6, 6.07) is -2.51. The van der Waals surface area contributed by atoms with Crippen LogP contribution in [0.3, 0.4) is 0 Å². The third kappa shape index (κ3) is 3.83. The molecule has 0 unspecified atom stereocenters. The molecule has 3 N–H and O–H groups in total. The molecule has 2 aliphatic rings. The highest BCUT2D eigenvalue weighted by Crippen LogP contribution is 2.30. The van der Waals surface area contributed by atoms with Crippen LogP contribution >= 0.6 is 0 Å². The third-order valence-corrected chi connectivity index (χ3v) is 3.98. The number of carbonyl (C=O) groups is 2. The van der Waals surface area contributed by atoms with Crippen molar-refractivity contribution in [2.75, 3.05) is 12.8 Å². The quantitative estimate of drug-likeness (QED) is 0.361. The smallest absolute Gasteiger partial charge is 0.309 e. The molecule has 2 aliphatic heterocycles. The number of hydroxylamine groups is 2. The molecule has 0 saturated carbocycles. The van der Waals surface area contributed by atoms with E-state index in [1.165, 1.54) is 0 Å². The van der Waals surface area contributed by atoms with Gasteiger partial charge in [0.1, 0.15) is 6.04 Å². The van der Waals surface area contributed by atoms with Crippen molar-refractivity contribution in [1.82, 2.24) is 20.2 Å². The molecule has 2 saturated heterocycles. The van der Waals surface area contributed by atoms with Crippen molar-refractivity contribution < 1.29 is 35.3 Å². The Bertz CT molecular complexity index is 689. The van der Waals surface area contributed by atoms with Gasteiger partial charge in [0.15, 0.2) is 0 Å². The van der Waals surface area contributed by atoms with Gasteiger partial charge in [0.05, 0.1) is 12.3 Å². The molecule has 22 heavy (non-hydrogen) atoms. The molecule has 0 aromatic heterocycles. The molecule has 14 heteroatoms. The number of nitrogens with one attached hydrogen (secondary N) is 2. The average molecular weight is 358 g/mol. The molecule has 3 amide bonds. The molecule has 0 aromatic carbocycles. The number of amides is 3. The van der Waals surface area contributed by atoms with E-state index in [0.717, 1.165) is 11.2 Å². The van der Waals surface area contributed by atoms with Crippen LogP contribution in [0.2, 0.25) is 0 Å². The lowest BCUT2D eigenvalue weighted by molar-refractivity contribution is -0.126. The molecule has 0 spiro atoms. The Morgan fingerprint density at radius 2 is 1.95 bits per heavy atom. The van der Waals surface area contributed by atoms with Crippen molar-refractivity contribution in [3.63, 3.8) is 0 Å². The fraction of sp³-hybridized carbons (Fsp3) is 0.750. The molecule has 2 bridgehead atoms. The van der Waals surface area contributed by atoms with Crippen LogP contribution in [0, 0.1) is 0 Å². The number of fused-ring (bicyclic) bond motifs is 2. The molecule has 12 nitrogen and oxygen atoms in total. The number of piperidine rings is 1. The van der Waals surface area contributed by atoms with E-state index in [4.69, 9.17) is 4.55 Å². The lowest BCUT2D eigenvalue weighted by Crippen LogP contribution is -2.53. The van der Waals surface area contributed by atoms with Gasteiger partial charge in [0.25, 0.3) is 5.91 Å². The Balaban J connectivity index is 2.07. The topological polar surface area (TPSA) is 162 Å². The zero-order chi connectivity index (χ0) is 16.7. The first-order chi connectivity index (χ1) is 9.98. The SMILES string of the molecule is CS(=O)(=O)NNC(=O)[C@@H]1CC[C@@H]2CN1C(=O)N2OS(=O)(=O)O. The Kier molecular flexibility index (Phi) is 4.31. The van der Waals surface area contributed by atoms with Gasteiger partial charge < -0.3 is 4.90 Å². The Morgan fingerprint density at radius 3 is 2.50 bits per heavy atom. The van der Waals surface area contributed by atoms with Crippen molar-refractivity contribution in [3.8, 4) is 0 Å². The minimum atomic E-state index is -4.86. The predicted molar refractivity (Wildman–Crippen MR) is 69.5 cm³/mol. The number of urea groups is 1. The third-order valence-electron chi connectivity index (χ3n) is 3.16. The molecule has 2 heterocycles. The second-order valence-corrected chi connectivity index (χ2v) is 7.63. The van der Waals surface area contributed by atoms with E-state index >= 15 is 0 Å². The lowest BCUT2D eigenvalue weighted by atomic mass is 10.0. The average Bonchev–Trinajstić information content (AvgIpc) is 2.59. The van der Waals surface area contributed by atoms with Gasteiger partial charge in [0, 0.05) is 6.54 Å². The predicted octanol–water partition coefficient (Wildman–Crippen LogP) is -2.43. The van der Waals surface area contributed by atoms with Gasteiger partial charge in [-0.2, -0.15) is 13.5 Å². The summed E-state index contributed by atoms with van der Waals surface area (Å²) in [5, 5.41) is 0.493. The van der Waals surface area contributed by atoms with Gasteiger partial charge in [-0.25, -0.2) is 13.2 Å². The fourth-order valence-corrected chi connectivity index (χ4v) is 3.00. The number of nitrogens with zero attached hydrogens (tertiary/aromatic N) is 2. The van der Waals surface area contributed by atoms with E-state index in [1.54, 1.807) is 4.83 Å². The number of rotatable bonds is 5. The zero-order valence-corrected chi connectivity index (χ0v) is 12.9. The highest BCUT2D eigenvalue weighted by Gasteiger charge is 2.49. The van der Waals surface area contributed by atoms with E-state index in [2.05, 4.69) is 4.28 Å². The van der Waals surface area contributed by atoms with E-state index in [9.17, 15) is 26.4 Å². The summed E-state index contributed by atoms with van der Waals surface area (Å²) in [5.41, 5.74) is 1.96. The summed E-state index contributed by atoms with van der Waals surface area (Å²) in [4.78, 5) is 26.8. The van der Waals surface area contributed by atoms with Crippen molar-refractivity contribution in [2.24, 2.45) is 0 Å². The Morgan fingerprint density at radius 1 is 1.32 bits per heavy atom. The van der Waals surface area contributed by atoms with Gasteiger partial charge in [-0.1, -0.05) is 0 Å². The van der Waals surface area contributed by atoms with Crippen LogP contribution in [0.1, 0.15) is 12.8 Å². The second kappa shape index (κ2) is 5.62. The first-order valence-corrected chi connectivity index (χ1v) is 9.27. The first kappa shape index (κ1) is 16.9. The summed E-state index contributed by atoms with van der Waals surface area (Å²) in [6.45, 7) is 0.0192. The monoisotopic (exact) mass is 358 g/mol. The Labute approximate surface area is 126 Å². The molecular formula is C8H14N4O8S2. The van der Waals surface area contributed by atoms with E-state index < -0.39 is 44.4 Å². The largest absolute Gasteiger partial charge is 0.418 e. The van der Waals surface area contributed by atoms with E-state index in [0.29, 0.717) is 5.06 Å². The number of hydrogen-bond acceptors (Lipinski definition) is 7.